The first-order valence-corrected chi connectivity index (χ1v) is 13.8. The van der Waals surface area contributed by atoms with E-state index in [-0.39, 0.29) is 35.0 Å². The van der Waals surface area contributed by atoms with Gasteiger partial charge in [-0.15, -0.1) is 0 Å². The van der Waals surface area contributed by atoms with Crippen LogP contribution in [0, 0.1) is 17.5 Å². The van der Waals surface area contributed by atoms with Crippen molar-refractivity contribution >= 4 is 34.5 Å². The van der Waals surface area contributed by atoms with Crippen LogP contribution in [0.3, 0.4) is 0 Å². The first-order chi connectivity index (χ1) is 19.5. The number of benzene rings is 2. The van der Waals surface area contributed by atoms with Crippen molar-refractivity contribution in [2.45, 2.75) is 44.6 Å². The Morgan fingerprint density at radius 1 is 1.12 bits per heavy atom. The molecule has 12 heteroatoms. The number of carboxylic acid groups (broad SMARTS) is 1. The number of unbranched alkanes of at least 4 members (excludes halogenated alkanes) is 1. The molecule has 0 radical (unpaired) electrons. The largest absolute Gasteiger partial charge is 0.478 e. The average molecular weight is 593 g/mol. The van der Waals surface area contributed by atoms with E-state index in [0.29, 0.717) is 56.3 Å². The van der Waals surface area contributed by atoms with Crippen molar-refractivity contribution in [1.82, 2.24) is 4.90 Å². The number of rotatable bonds is 10. The van der Waals surface area contributed by atoms with Gasteiger partial charge < -0.3 is 15.6 Å². The van der Waals surface area contributed by atoms with Crippen LogP contribution in [0.15, 0.2) is 52.7 Å². The first kappa shape index (κ1) is 30.4. The number of aliphatic imine (C=N–C) groups is 1. The van der Waals surface area contributed by atoms with Gasteiger partial charge in [-0.1, -0.05) is 24.9 Å². The molecule has 8 nitrogen and oxygen atoms in total. The van der Waals surface area contributed by atoms with Crippen molar-refractivity contribution in [1.29, 1.82) is 0 Å². The Balaban J connectivity index is 1.47. The summed E-state index contributed by atoms with van der Waals surface area (Å²) in [5.74, 6) is -4.41. The van der Waals surface area contributed by atoms with Crippen LogP contribution in [0.25, 0.3) is 0 Å². The molecule has 2 fully saturated rings. The van der Waals surface area contributed by atoms with Gasteiger partial charge in [-0.3, -0.25) is 14.8 Å². The minimum absolute atomic E-state index is 0.0936. The van der Waals surface area contributed by atoms with Gasteiger partial charge in [0, 0.05) is 68.5 Å². The van der Waals surface area contributed by atoms with Gasteiger partial charge in [0.15, 0.2) is 11.6 Å². The zero-order valence-corrected chi connectivity index (χ0v) is 23.4. The summed E-state index contributed by atoms with van der Waals surface area (Å²) in [4.78, 5) is 31.8. The number of piperidine rings is 1. The molecule has 1 spiro atoms. The van der Waals surface area contributed by atoms with Crippen molar-refractivity contribution in [2.75, 3.05) is 37.6 Å². The third kappa shape index (κ3) is 7.20. The van der Waals surface area contributed by atoms with Gasteiger partial charge in [-0.25, -0.2) is 22.8 Å². The monoisotopic (exact) mass is 592 g/mol. The van der Waals surface area contributed by atoms with Gasteiger partial charge in [-0.2, -0.15) is 0 Å². The van der Waals surface area contributed by atoms with Crippen LogP contribution in [0.5, 0.6) is 0 Å². The number of hydrogen-bond acceptors (Lipinski definition) is 6. The first-order valence-electron chi connectivity index (χ1n) is 13.4. The predicted octanol–water partition coefficient (Wildman–Crippen LogP) is 5.49. The molecule has 0 unspecified atom stereocenters. The van der Waals surface area contributed by atoms with Crippen molar-refractivity contribution in [2.24, 2.45) is 10.7 Å². The molecule has 2 aliphatic rings. The molecule has 4 rings (SSSR count). The van der Waals surface area contributed by atoms with Crippen molar-refractivity contribution in [3.8, 4) is 0 Å². The average Bonchev–Trinajstić information content (AvgIpc) is 3.26. The Kier molecular flexibility index (Phi) is 9.60. The second kappa shape index (κ2) is 12.9. The molecule has 2 heterocycles. The van der Waals surface area contributed by atoms with E-state index < -0.39 is 35.1 Å². The van der Waals surface area contributed by atoms with E-state index in [1.165, 1.54) is 17.0 Å². The summed E-state index contributed by atoms with van der Waals surface area (Å²) in [5, 5.41) is 9.31. The van der Waals surface area contributed by atoms with Gasteiger partial charge in [0.1, 0.15) is 16.6 Å². The Hall–Kier alpha value is -3.57. The lowest BCUT2D eigenvalue weighted by Crippen LogP contribution is -2.47. The van der Waals surface area contributed by atoms with Crippen LogP contribution < -0.4 is 10.6 Å². The van der Waals surface area contributed by atoms with E-state index in [0.717, 1.165) is 18.9 Å². The number of carboxylic acids is 1. The Morgan fingerprint density at radius 3 is 2.41 bits per heavy atom. The molecule has 0 aliphatic carbocycles. The molecule has 2 saturated heterocycles. The number of nitrogens with zero attached hydrogens (tertiary/aromatic N) is 3. The molecule has 2 aromatic rings. The molecule has 0 saturated carbocycles. The highest BCUT2D eigenvalue weighted by Crippen LogP contribution is 2.36. The second-order valence-corrected chi connectivity index (χ2v) is 10.7. The fourth-order valence-electron chi connectivity index (χ4n) is 4.95. The van der Waals surface area contributed by atoms with Crippen LogP contribution in [0.4, 0.5) is 23.7 Å². The maximum atomic E-state index is 14.3. The third-order valence-electron chi connectivity index (χ3n) is 7.41. The van der Waals surface area contributed by atoms with Crippen molar-refractivity contribution in [3.05, 3.63) is 76.2 Å². The minimum atomic E-state index is -1.28. The van der Waals surface area contributed by atoms with Crippen LogP contribution in [-0.2, 0) is 11.2 Å². The Bertz CT molecular complexity index is 1360. The molecule has 0 atom stereocenters. The number of hydrogen-bond donors (Lipinski definition) is 2. The fourth-order valence-corrected chi connectivity index (χ4v) is 5.22. The highest BCUT2D eigenvalue weighted by Gasteiger charge is 2.47. The van der Waals surface area contributed by atoms with Gasteiger partial charge in [0.05, 0.1) is 12.1 Å². The Labute approximate surface area is 241 Å². The highest BCUT2D eigenvalue weighted by molar-refractivity contribution is 6.69. The second-order valence-electron chi connectivity index (χ2n) is 10.3. The zero-order valence-electron chi connectivity index (χ0n) is 22.6. The van der Waals surface area contributed by atoms with E-state index in [4.69, 9.17) is 27.2 Å². The predicted molar refractivity (Wildman–Crippen MR) is 150 cm³/mol. The molecule has 41 heavy (non-hydrogen) atoms. The number of ether oxygens (including phenoxy) is 1. The van der Waals surface area contributed by atoms with E-state index in [9.17, 15) is 22.8 Å². The summed E-state index contributed by atoms with van der Waals surface area (Å²) >= 11 is 6.56. The van der Waals surface area contributed by atoms with Crippen LogP contribution in [-0.4, -0.2) is 65.6 Å². The molecule has 2 aromatic carbocycles. The normalized spacial score (nSPS) is 18.0. The SMILES string of the molecule is CCCCN=C(Cl)C(CN1CCC2(CC1)CN(c1ccc(C(=O)O)cc1)C(=O)O2)=C(N)Cc1cc(F)c(F)cc1F. The summed E-state index contributed by atoms with van der Waals surface area (Å²) in [6.07, 6.45) is 2.11. The summed E-state index contributed by atoms with van der Waals surface area (Å²) in [5.41, 5.74) is 6.92. The number of halogens is 4. The van der Waals surface area contributed by atoms with Gasteiger partial charge >= 0.3 is 12.1 Å². The lowest BCUT2D eigenvalue weighted by atomic mass is 9.91. The number of carbonyl (C=O) groups is 2. The number of allylic oxidation sites excluding steroid dienone is 1. The number of anilines is 1. The lowest BCUT2D eigenvalue weighted by Gasteiger charge is -2.37. The maximum Gasteiger partial charge on any atom is 0.415 e. The molecule has 2 aliphatic heterocycles. The minimum Gasteiger partial charge on any atom is -0.478 e. The maximum absolute atomic E-state index is 14.3. The summed E-state index contributed by atoms with van der Waals surface area (Å²) in [7, 11) is 0. The molecule has 3 N–H and O–H groups in total. The standard InChI is InChI=1S/C29H32ClF3N4O4/c1-2-3-10-35-26(30)21(25(34)14-19-13-23(32)24(33)15-22(19)31)16-36-11-8-29(9-12-36)17-37(28(40)41-29)20-6-4-18(5-7-20)27(38)39/h4-7,13,15H,2-3,8-12,14,16-17,34H2,1H3,(H,38,39). The van der Waals surface area contributed by atoms with Gasteiger partial charge in [0.25, 0.3) is 0 Å². The van der Waals surface area contributed by atoms with E-state index >= 15 is 0 Å². The van der Waals surface area contributed by atoms with Crippen LogP contribution in [0.2, 0.25) is 0 Å². The van der Waals surface area contributed by atoms with Crippen LogP contribution in [0.1, 0.15) is 48.5 Å². The molecule has 220 valence electrons. The van der Waals surface area contributed by atoms with E-state index in [2.05, 4.69) is 9.89 Å². The smallest absolute Gasteiger partial charge is 0.415 e. The van der Waals surface area contributed by atoms with E-state index in [1.54, 1.807) is 12.1 Å². The molecular formula is C29H32ClF3N4O4. The number of likely N-dealkylation sites (tertiary alicyclic amines) is 1. The molecule has 0 aromatic heterocycles. The van der Waals surface area contributed by atoms with E-state index in [1.807, 2.05) is 6.92 Å². The molecular weight excluding hydrogens is 561 g/mol. The number of aromatic carboxylic acids is 1. The summed E-state index contributed by atoms with van der Waals surface area (Å²) < 4.78 is 47.4. The Morgan fingerprint density at radius 2 is 1.78 bits per heavy atom. The lowest BCUT2D eigenvalue weighted by molar-refractivity contribution is 0.00326. The third-order valence-corrected chi connectivity index (χ3v) is 7.76. The van der Waals surface area contributed by atoms with Crippen molar-refractivity contribution < 1.29 is 32.6 Å². The van der Waals surface area contributed by atoms with Crippen molar-refractivity contribution in [3.63, 3.8) is 0 Å². The zero-order chi connectivity index (χ0) is 29.7. The fraction of sp³-hybridized carbons (Fsp3) is 0.414. The highest BCUT2D eigenvalue weighted by atomic mass is 35.5. The van der Waals surface area contributed by atoms with Crippen LogP contribution >= 0.6 is 11.6 Å². The number of amides is 1. The number of carbonyl (C=O) groups excluding carboxylic acids is 1. The van der Waals surface area contributed by atoms with Gasteiger partial charge in [0.2, 0.25) is 0 Å². The molecule has 0 bridgehead atoms. The topological polar surface area (TPSA) is 108 Å². The summed E-state index contributed by atoms with van der Waals surface area (Å²) in [6, 6.07) is 7.31. The number of nitrogens with two attached hydrogens (primary N) is 1. The quantitative estimate of drug-likeness (QED) is 0.215. The van der Waals surface area contributed by atoms with Gasteiger partial charge in [-0.05, 0) is 42.3 Å². The summed E-state index contributed by atoms with van der Waals surface area (Å²) in [6.45, 7) is 4.19. The molecule has 1 amide bonds.